The van der Waals surface area contributed by atoms with Crippen molar-refractivity contribution >= 4 is 16.2 Å². The summed E-state index contributed by atoms with van der Waals surface area (Å²) in [7, 11) is -3.79. The topological polar surface area (TPSA) is 72.9 Å². The van der Waals surface area contributed by atoms with Gasteiger partial charge < -0.3 is 9.64 Å². The average molecular weight is 580 g/mol. The van der Waals surface area contributed by atoms with E-state index >= 15 is 0 Å². The number of unbranched alkanes of at least 4 members (excludes halogenated alkanes) is 15. The maximum Gasteiger partial charge on any atom is 0.410 e. The lowest BCUT2D eigenvalue weighted by molar-refractivity contribution is 0.0661. The highest BCUT2D eigenvalue weighted by Crippen LogP contribution is 2.22. The van der Waals surface area contributed by atoms with Crippen molar-refractivity contribution in [2.24, 2.45) is 0 Å². The Morgan fingerprint density at radius 2 is 1.30 bits per heavy atom. The van der Waals surface area contributed by atoms with E-state index in [9.17, 15) is 13.2 Å². The third kappa shape index (κ3) is 14.9. The van der Waals surface area contributed by atoms with Gasteiger partial charge in [0.15, 0.2) is 0 Å². The molecule has 1 aromatic carbocycles. The minimum atomic E-state index is -3.79. The smallest absolute Gasteiger partial charge is 0.410 e. The van der Waals surface area contributed by atoms with Crippen molar-refractivity contribution in [2.75, 3.05) is 19.8 Å². The minimum Gasteiger partial charge on any atom is -0.449 e. The zero-order valence-corrected chi connectivity index (χ0v) is 26.4. The fraction of sp³-hybridized carbons (Fsp3) is 0.788. The molecular weight excluding hydrogens is 522 g/mol. The number of benzene rings is 1. The Balaban J connectivity index is 1.48. The van der Waals surface area contributed by atoms with Crippen LogP contribution in [0.15, 0.2) is 29.2 Å². The molecule has 0 saturated carbocycles. The van der Waals surface area contributed by atoms with Crippen LogP contribution in [0.5, 0.6) is 0 Å². The van der Waals surface area contributed by atoms with Crippen molar-refractivity contribution in [3.63, 3.8) is 0 Å². The highest BCUT2D eigenvalue weighted by atomic mass is 32.2. The summed E-state index contributed by atoms with van der Waals surface area (Å²) in [6.45, 7) is 5.36. The average Bonchev–Trinajstić information content (AvgIpc) is 2.95. The highest BCUT2D eigenvalue weighted by Gasteiger charge is 2.28. The molecule has 1 atom stereocenters. The molecule has 0 aliphatic carbocycles. The maximum atomic E-state index is 12.7. The van der Waals surface area contributed by atoms with Gasteiger partial charge in [-0.3, -0.25) is 4.18 Å². The second-order valence-corrected chi connectivity index (χ2v) is 13.3. The number of piperidine rings is 1. The second kappa shape index (κ2) is 21.2. The van der Waals surface area contributed by atoms with Crippen molar-refractivity contribution in [1.29, 1.82) is 0 Å². The van der Waals surface area contributed by atoms with E-state index in [1.54, 1.807) is 29.2 Å². The van der Waals surface area contributed by atoms with Gasteiger partial charge in [-0.1, -0.05) is 121 Å². The van der Waals surface area contributed by atoms with Gasteiger partial charge in [-0.25, -0.2) is 4.79 Å². The van der Waals surface area contributed by atoms with Gasteiger partial charge in [0.25, 0.3) is 10.1 Å². The number of nitrogens with zero attached hydrogens (tertiary/aromatic N) is 1. The standard InChI is InChI=1S/C33H57NO5S/c1-3-4-5-6-7-8-9-10-11-12-13-14-15-16-17-20-28-38-33(35)34-27-19-18-21-31(34)26-29-39-40(36,37)32-24-22-30(2)23-25-32/h22-25,31H,3-21,26-29H2,1-2H3. The van der Waals surface area contributed by atoms with Gasteiger partial charge in [0.05, 0.1) is 18.1 Å². The van der Waals surface area contributed by atoms with Crippen LogP contribution in [-0.4, -0.2) is 45.2 Å². The molecule has 1 fully saturated rings. The Morgan fingerprint density at radius 1 is 0.775 bits per heavy atom. The minimum absolute atomic E-state index is 0.0414. The zero-order valence-electron chi connectivity index (χ0n) is 25.5. The lowest BCUT2D eigenvalue weighted by atomic mass is 10.0. The molecule has 6 nitrogen and oxygen atoms in total. The van der Waals surface area contributed by atoms with E-state index < -0.39 is 10.1 Å². The first-order chi connectivity index (χ1) is 19.4. The van der Waals surface area contributed by atoms with Gasteiger partial charge in [0.2, 0.25) is 0 Å². The highest BCUT2D eigenvalue weighted by molar-refractivity contribution is 7.86. The number of carbonyl (C=O) groups excluding carboxylic acids is 1. The van der Waals surface area contributed by atoms with Crippen molar-refractivity contribution in [1.82, 2.24) is 4.90 Å². The molecule has 0 radical (unpaired) electrons. The van der Waals surface area contributed by atoms with E-state index in [1.165, 1.54) is 89.9 Å². The van der Waals surface area contributed by atoms with Crippen LogP contribution < -0.4 is 0 Å². The molecule has 40 heavy (non-hydrogen) atoms. The van der Waals surface area contributed by atoms with Crippen LogP contribution in [0.2, 0.25) is 0 Å². The van der Waals surface area contributed by atoms with Crippen molar-refractivity contribution in [3.05, 3.63) is 29.8 Å². The van der Waals surface area contributed by atoms with Crippen LogP contribution in [0.4, 0.5) is 4.79 Å². The summed E-state index contributed by atoms with van der Waals surface area (Å²) in [6, 6.07) is 6.60. The number of amides is 1. The normalized spacial score (nSPS) is 15.8. The summed E-state index contributed by atoms with van der Waals surface area (Å²) < 4.78 is 35.8. The lowest BCUT2D eigenvalue weighted by Crippen LogP contribution is -2.44. The fourth-order valence-corrected chi connectivity index (χ4v) is 6.42. The summed E-state index contributed by atoms with van der Waals surface area (Å²) in [4.78, 5) is 14.7. The van der Waals surface area contributed by atoms with Gasteiger partial charge in [-0.2, -0.15) is 8.42 Å². The van der Waals surface area contributed by atoms with Crippen LogP contribution in [-0.2, 0) is 19.0 Å². The molecule has 7 heteroatoms. The van der Waals surface area contributed by atoms with E-state index in [0.717, 1.165) is 37.7 Å². The molecule has 1 heterocycles. The van der Waals surface area contributed by atoms with Crippen molar-refractivity contribution in [2.45, 2.75) is 153 Å². The van der Waals surface area contributed by atoms with E-state index in [1.807, 2.05) is 6.92 Å². The van der Waals surface area contributed by atoms with Gasteiger partial charge >= 0.3 is 6.09 Å². The quantitative estimate of drug-likeness (QED) is 0.101. The number of ether oxygens (including phenoxy) is 1. The van der Waals surface area contributed by atoms with E-state index in [0.29, 0.717) is 19.6 Å². The summed E-state index contributed by atoms with van der Waals surface area (Å²) in [6.07, 6.45) is 24.1. The molecule has 2 rings (SSSR count). The molecule has 1 aliphatic heterocycles. The Hall–Kier alpha value is -1.60. The number of carbonyl (C=O) groups is 1. The third-order valence-corrected chi connectivity index (χ3v) is 9.41. The fourth-order valence-electron chi connectivity index (χ4n) is 5.50. The molecule has 0 spiro atoms. The zero-order chi connectivity index (χ0) is 28.9. The van der Waals surface area contributed by atoms with E-state index in [4.69, 9.17) is 8.92 Å². The van der Waals surface area contributed by atoms with Crippen LogP contribution in [0, 0.1) is 6.92 Å². The molecule has 0 aromatic heterocycles. The van der Waals surface area contributed by atoms with Crippen LogP contribution in [0.25, 0.3) is 0 Å². The molecule has 1 saturated heterocycles. The van der Waals surface area contributed by atoms with Gasteiger partial charge in [-0.15, -0.1) is 0 Å². The van der Waals surface area contributed by atoms with Gasteiger partial charge in [0.1, 0.15) is 0 Å². The molecular formula is C33H57NO5S. The van der Waals surface area contributed by atoms with Crippen molar-refractivity contribution in [3.8, 4) is 0 Å². The van der Waals surface area contributed by atoms with Crippen molar-refractivity contribution < 1.29 is 22.1 Å². The van der Waals surface area contributed by atoms with E-state index in [-0.39, 0.29) is 23.6 Å². The van der Waals surface area contributed by atoms with Crippen LogP contribution >= 0.6 is 0 Å². The molecule has 1 aromatic rings. The Morgan fingerprint density at radius 3 is 1.85 bits per heavy atom. The van der Waals surface area contributed by atoms with Crippen LogP contribution in [0.3, 0.4) is 0 Å². The Labute approximate surface area is 245 Å². The second-order valence-electron chi connectivity index (χ2n) is 11.6. The van der Waals surface area contributed by atoms with Gasteiger partial charge in [-0.05, 0) is 51.2 Å². The first-order valence-corrected chi connectivity index (χ1v) is 17.7. The monoisotopic (exact) mass is 579 g/mol. The summed E-state index contributed by atoms with van der Waals surface area (Å²) >= 11 is 0. The number of likely N-dealkylation sites (tertiary alicyclic amines) is 1. The van der Waals surface area contributed by atoms with E-state index in [2.05, 4.69) is 6.92 Å². The number of hydrogen-bond acceptors (Lipinski definition) is 5. The summed E-state index contributed by atoms with van der Waals surface area (Å²) in [5, 5.41) is 0. The summed E-state index contributed by atoms with van der Waals surface area (Å²) in [5.74, 6) is 0. The number of rotatable bonds is 22. The maximum absolute atomic E-state index is 12.7. The number of hydrogen-bond donors (Lipinski definition) is 0. The molecule has 1 aliphatic rings. The third-order valence-electron chi connectivity index (χ3n) is 8.08. The molecule has 1 unspecified atom stereocenters. The van der Waals surface area contributed by atoms with Crippen LogP contribution in [0.1, 0.15) is 141 Å². The SMILES string of the molecule is CCCCCCCCCCCCCCCCCCOC(=O)N1CCCCC1CCOS(=O)(=O)c1ccc(C)cc1. The number of aryl methyl sites for hydroxylation is 1. The molecule has 0 N–H and O–H groups in total. The predicted molar refractivity (Wildman–Crippen MR) is 164 cm³/mol. The van der Waals surface area contributed by atoms with Gasteiger partial charge in [0, 0.05) is 12.6 Å². The Kier molecular flexibility index (Phi) is 18.3. The predicted octanol–water partition coefficient (Wildman–Crippen LogP) is 9.34. The molecule has 0 bridgehead atoms. The molecule has 1 amide bonds. The largest absolute Gasteiger partial charge is 0.449 e. The molecule has 230 valence electrons. The lowest BCUT2D eigenvalue weighted by Gasteiger charge is -2.34. The first-order valence-electron chi connectivity index (χ1n) is 16.3. The first kappa shape index (κ1) is 34.6. The summed E-state index contributed by atoms with van der Waals surface area (Å²) in [5.41, 5.74) is 0.995. The Bertz CT molecular complexity index is 887.